The molecule has 2 aliphatic rings. The average molecular weight is 620 g/mol. The fourth-order valence-corrected chi connectivity index (χ4v) is 8.77. The highest BCUT2D eigenvalue weighted by Crippen LogP contribution is 2.47. The maximum Gasteiger partial charge on any atom is 0.339 e. The van der Waals surface area contributed by atoms with Gasteiger partial charge in [-0.3, -0.25) is 0 Å². The maximum absolute atomic E-state index is 13.5. The Balaban J connectivity index is 1.22. The van der Waals surface area contributed by atoms with Crippen LogP contribution in [0.2, 0.25) is 0 Å². The lowest BCUT2D eigenvalue weighted by Crippen LogP contribution is -2.59. The van der Waals surface area contributed by atoms with Crippen LogP contribution in [0.15, 0.2) is 72.8 Å². The van der Waals surface area contributed by atoms with Crippen LogP contribution in [0.5, 0.6) is 0 Å². The van der Waals surface area contributed by atoms with Gasteiger partial charge in [0.1, 0.15) is 12.2 Å². The first kappa shape index (κ1) is 32.2. The third-order valence-corrected chi connectivity index (χ3v) is 9.73. The molecule has 1 aliphatic heterocycles. The van der Waals surface area contributed by atoms with Gasteiger partial charge in [0.2, 0.25) is 0 Å². The van der Waals surface area contributed by atoms with Crippen LogP contribution in [0.25, 0.3) is 32.7 Å². The number of carbonyl (C=O) groups is 2. The van der Waals surface area contributed by atoms with Gasteiger partial charge in [-0.15, -0.1) is 0 Å². The van der Waals surface area contributed by atoms with Gasteiger partial charge in [0.15, 0.2) is 0 Å². The van der Waals surface area contributed by atoms with E-state index in [1.807, 2.05) is 42.5 Å². The molecule has 1 aliphatic carbocycles. The monoisotopic (exact) mass is 619 g/mol. The second-order valence-electron chi connectivity index (χ2n) is 16.8. The molecule has 5 heteroatoms. The summed E-state index contributed by atoms with van der Waals surface area (Å²) in [5, 5.41) is 7.56. The molecule has 2 fully saturated rings. The standard InChI is InChI=1S/C41H49NO4/c1-38(2)21-32(22-39(3,4)25-38)46-37(44)35-11-9-10-29-18-28(16-17-34(29)35)27-14-12-26-13-15-30(20-31(26)19-27)36(43)45-33-23-40(5,6)42-41(7,8)24-33/h9-20,32-33,42H,21-25H2,1-8H3. The minimum absolute atomic E-state index is 0.0843. The summed E-state index contributed by atoms with van der Waals surface area (Å²) in [4.78, 5) is 26.7. The summed E-state index contributed by atoms with van der Waals surface area (Å²) >= 11 is 0. The minimum Gasteiger partial charge on any atom is -0.459 e. The molecule has 0 bridgehead atoms. The van der Waals surface area contributed by atoms with Crippen LogP contribution in [0.3, 0.4) is 0 Å². The molecule has 4 aromatic carbocycles. The smallest absolute Gasteiger partial charge is 0.339 e. The number of carbonyl (C=O) groups excluding carboxylic acids is 2. The van der Waals surface area contributed by atoms with Crippen LogP contribution in [-0.2, 0) is 9.47 Å². The first-order chi connectivity index (χ1) is 21.5. The van der Waals surface area contributed by atoms with Gasteiger partial charge in [0.25, 0.3) is 0 Å². The molecule has 0 amide bonds. The normalized spacial score (nSPS) is 20.8. The molecule has 0 aromatic heterocycles. The fourth-order valence-electron chi connectivity index (χ4n) is 8.77. The zero-order valence-electron chi connectivity index (χ0n) is 28.8. The summed E-state index contributed by atoms with van der Waals surface area (Å²) < 4.78 is 12.2. The van der Waals surface area contributed by atoms with E-state index in [1.54, 1.807) is 0 Å². The number of esters is 2. The number of ether oxygens (including phenoxy) is 2. The highest BCUT2D eigenvalue weighted by Gasteiger charge is 2.41. The highest BCUT2D eigenvalue weighted by atomic mass is 16.5. The Bertz CT molecular complexity index is 1770. The van der Waals surface area contributed by atoms with Crippen LogP contribution in [-0.4, -0.2) is 35.2 Å². The zero-order valence-corrected chi connectivity index (χ0v) is 28.8. The number of hydrogen-bond acceptors (Lipinski definition) is 5. The van der Waals surface area contributed by atoms with E-state index in [0.717, 1.165) is 64.8 Å². The first-order valence-corrected chi connectivity index (χ1v) is 16.8. The molecule has 1 saturated carbocycles. The van der Waals surface area contributed by atoms with E-state index in [0.29, 0.717) is 11.1 Å². The van der Waals surface area contributed by atoms with Gasteiger partial charge >= 0.3 is 11.9 Å². The van der Waals surface area contributed by atoms with Crippen molar-refractivity contribution in [3.63, 3.8) is 0 Å². The maximum atomic E-state index is 13.5. The lowest BCUT2D eigenvalue weighted by molar-refractivity contribution is -0.0282. The van der Waals surface area contributed by atoms with E-state index in [2.05, 4.69) is 91.0 Å². The Morgan fingerprint density at radius 1 is 0.609 bits per heavy atom. The molecular formula is C41H49NO4. The van der Waals surface area contributed by atoms with Gasteiger partial charge in [0, 0.05) is 23.9 Å². The lowest BCUT2D eigenvalue weighted by atomic mass is 9.64. The Hall–Kier alpha value is -3.70. The molecular weight excluding hydrogens is 570 g/mol. The van der Waals surface area contributed by atoms with Gasteiger partial charge in [-0.2, -0.15) is 0 Å². The van der Waals surface area contributed by atoms with Gasteiger partial charge in [0.05, 0.1) is 11.1 Å². The average Bonchev–Trinajstić information content (AvgIpc) is 2.92. The predicted molar refractivity (Wildman–Crippen MR) is 187 cm³/mol. The Labute approximate surface area is 274 Å². The minimum atomic E-state index is -0.281. The molecule has 1 saturated heterocycles. The molecule has 4 aromatic rings. The van der Waals surface area contributed by atoms with Gasteiger partial charge in [-0.25, -0.2) is 9.59 Å². The van der Waals surface area contributed by atoms with Crippen molar-refractivity contribution in [2.75, 3.05) is 0 Å². The summed E-state index contributed by atoms with van der Waals surface area (Å²) in [6.45, 7) is 17.7. The summed E-state index contributed by atoms with van der Waals surface area (Å²) in [6, 6.07) is 24.1. The summed E-state index contributed by atoms with van der Waals surface area (Å²) in [5.41, 5.74) is 3.33. The SMILES string of the molecule is CC1(C)CC(OC(=O)c2cccc3cc(-c4ccc5ccc(C(=O)OC6CC(C)(C)NC(C)(C)C6)cc5c4)ccc23)CC(C)(C)C1. The molecule has 0 spiro atoms. The van der Waals surface area contributed by atoms with Gasteiger partial charge < -0.3 is 14.8 Å². The molecule has 1 heterocycles. The molecule has 46 heavy (non-hydrogen) atoms. The summed E-state index contributed by atoms with van der Waals surface area (Å²) in [5.74, 6) is -0.533. The number of fused-ring (bicyclic) bond motifs is 2. The van der Waals surface area contributed by atoms with Crippen molar-refractivity contribution in [1.82, 2.24) is 5.32 Å². The fraction of sp³-hybridized carbons (Fsp3) is 0.463. The van der Waals surface area contributed by atoms with Crippen LogP contribution >= 0.6 is 0 Å². The van der Waals surface area contributed by atoms with Crippen LogP contribution in [0.1, 0.15) is 108 Å². The predicted octanol–water partition coefficient (Wildman–Crippen LogP) is 9.89. The Morgan fingerprint density at radius 3 is 1.85 bits per heavy atom. The van der Waals surface area contributed by atoms with E-state index in [1.165, 1.54) is 0 Å². The molecule has 1 N–H and O–H groups in total. The molecule has 5 nitrogen and oxygen atoms in total. The van der Waals surface area contributed by atoms with Crippen molar-refractivity contribution < 1.29 is 19.1 Å². The van der Waals surface area contributed by atoms with E-state index in [4.69, 9.17) is 9.47 Å². The molecule has 0 atom stereocenters. The van der Waals surface area contributed by atoms with E-state index in [9.17, 15) is 9.59 Å². The van der Waals surface area contributed by atoms with Crippen molar-refractivity contribution in [1.29, 1.82) is 0 Å². The van der Waals surface area contributed by atoms with Crippen LogP contribution in [0.4, 0.5) is 0 Å². The Morgan fingerprint density at radius 2 is 1.17 bits per heavy atom. The molecule has 0 radical (unpaired) electrons. The van der Waals surface area contributed by atoms with Crippen molar-refractivity contribution >= 4 is 33.5 Å². The topological polar surface area (TPSA) is 64.6 Å². The van der Waals surface area contributed by atoms with Gasteiger partial charge in [-0.05, 0) is 121 Å². The van der Waals surface area contributed by atoms with E-state index < -0.39 is 0 Å². The number of benzene rings is 4. The summed E-state index contributed by atoms with van der Waals surface area (Å²) in [6.07, 6.45) is 4.22. The van der Waals surface area contributed by atoms with E-state index in [-0.39, 0.29) is 46.1 Å². The molecule has 0 unspecified atom stereocenters. The van der Waals surface area contributed by atoms with Crippen LogP contribution < -0.4 is 5.32 Å². The van der Waals surface area contributed by atoms with E-state index >= 15 is 0 Å². The van der Waals surface area contributed by atoms with Crippen molar-refractivity contribution in [3.8, 4) is 11.1 Å². The van der Waals surface area contributed by atoms with Crippen LogP contribution in [0, 0.1) is 10.8 Å². The number of piperidine rings is 1. The highest BCUT2D eigenvalue weighted by molar-refractivity contribution is 6.05. The van der Waals surface area contributed by atoms with Gasteiger partial charge in [-0.1, -0.05) is 70.2 Å². The zero-order chi connectivity index (χ0) is 33.1. The number of hydrogen-bond donors (Lipinski definition) is 1. The second kappa shape index (κ2) is 11.5. The van der Waals surface area contributed by atoms with Crippen molar-refractivity contribution in [3.05, 3.63) is 83.9 Å². The molecule has 6 rings (SSSR count). The molecule has 242 valence electrons. The second-order valence-corrected chi connectivity index (χ2v) is 16.8. The first-order valence-electron chi connectivity index (χ1n) is 16.8. The summed E-state index contributed by atoms with van der Waals surface area (Å²) in [7, 11) is 0. The number of rotatable bonds is 5. The largest absolute Gasteiger partial charge is 0.459 e. The third kappa shape index (κ3) is 7.15. The Kier molecular flexibility index (Phi) is 8.08. The lowest BCUT2D eigenvalue weighted by Gasteiger charge is -2.45. The number of nitrogens with one attached hydrogen (secondary N) is 1. The quantitative estimate of drug-likeness (QED) is 0.225. The van der Waals surface area contributed by atoms with Crippen molar-refractivity contribution in [2.45, 2.75) is 111 Å². The third-order valence-electron chi connectivity index (χ3n) is 9.73. The van der Waals surface area contributed by atoms with Crippen molar-refractivity contribution in [2.24, 2.45) is 10.8 Å².